The van der Waals surface area contributed by atoms with Crippen molar-refractivity contribution in [1.29, 1.82) is 0 Å². The van der Waals surface area contributed by atoms with Gasteiger partial charge in [0.1, 0.15) is 5.75 Å². The molecular formula is C30H27F5O. The Hall–Kier alpha value is -3.33. The lowest BCUT2D eigenvalue weighted by Gasteiger charge is -2.26. The maximum atomic E-state index is 14.9. The molecule has 36 heavy (non-hydrogen) atoms. The number of alkyl halides is 3. The summed E-state index contributed by atoms with van der Waals surface area (Å²) in [6.07, 6.45) is 0.797. The minimum atomic E-state index is -4.73. The van der Waals surface area contributed by atoms with Crippen LogP contribution in [0.2, 0.25) is 0 Å². The van der Waals surface area contributed by atoms with Gasteiger partial charge in [0.2, 0.25) is 0 Å². The highest BCUT2D eigenvalue weighted by Gasteiger charge is 2.31. The number of halogens is 5. The van der Waals surface area contributed by atoms with Crippen LogP contribution in [-0.4, -0.2) is 6.36 Å². The number of hydrogen-bond donors (Lipinski definition) is 0. The maximum Gasteiger partial charge on any atom is 0.573 e. The number of ether oxygens (including phenoxy) is 1. The molecule has 0 saturated carbocycles. The number of aryl methyl sites for hydroxylation is 2. The van der Waals surface area contributed by atoms with Gasteiger partial charge in [-0.05, 0) is 96.7 Å². The number of benzene rings is 3. The third-order valence-electron chi connectivity index (χ3n) is 6.56. The van der Waals surface area contributed by atoms with E-state index in [2.05, 4.69) is 23.5 Å². The third kappa shape index (κ3) is 6.46. The number of rotatable bonds is 6. The number of hydrogen-bond acceptors (Lipinski definition) is 1. The molecule has 0 radical (unpaired) electrons. The van der Waals surface area contributed by atoms with Gasteiger partial charge in [-0.25, -0.2) is 8.78 Å². The van der Waals surface area contributed by atoms with Gasteiger partial charge in [0, 0.05) is 11.1 Å². The van der Waals surface area contributed by atoms with Crippen molar-refractivity contribution < 1.29 is 26.7 Å². The predicted octanol–water partition coefficient (Wildman–Crippen LogP) is 8.27. The number of unbranched alkanes of at least 4 members (excludes halogenated alkanes) is 2. The van der Waals surface area contributed by atoms with Gasteiger partial charge in [-0.2, -0.15) is 0 Å². The summed E-state index contributed by atoms with van der Waals surface area (Å²) in [5.41, 5.74) is 4.47. The summed E-state index contributed by atoms with van der Waals surface area (Å²) < 4.78 is 70.3. The van der Waals surface area contributed by atoms with Crippen LogP contribution in [0.3, 0.4) is 0 Å². The van der Waals surface area contributed by atoms with Crippen LogP contribution in [0.25, 0.3) is 0 Å². The van der Waals surface area contributed by atoms with Crippen LogP contribution in [-0.2, 0) is 19.3 Å². The Balaban J connectivity index is 1.44. The monoisotopic (exact) mass is 498 g/mol. The van der Waals surface area contributed by atoms with Crippen molar-refractivity contribution in [2.45, 2.75) is 64.1 Å². The van der Waals surface area contributed by atoms with Crippen LogP contribution in [0.15, 0.2) is 54.6 Å². The van der Waals surface area contributed by atoms with E-state index < -0.39 is 18.0 Å². The van der Waals surface area contributed by atoms with Crippen molar-refractivity contribution in [1.82, 2.24) is 0 Å². The molecule has 0 heterocycles. The van der Waals surface area contributed by atoms with E-state index in [0.29, 0.717) is 29.5 Å². The molecule has 1 aliphatic rings. The van der Waals surface area contributed by atoms with Crippen molar-refractivity contribution in [2.24, 2.45) is 0 Å². The van der Waals surface area contributed by atoms with Crippen molar-refractivity contribution in [3.05, 3.63) is 99.6 Å². The predicted molar refractivity (Wildman–Crippen MR) is 130 cm³/mol. The molecule has 1 unspecified atom stereocenters. The zero-order valence-corrected chi connectivity index (χ0v) is 20.0. The summed E-state index contributed by atoms with van der Waals surface area (Å²) in [5, 5.41) is 0. The molecule has 1 aliphatic carbocycles. The Morgan fingerprint density at radius 2 is 1.58 bits per heavy atom. The molecule has 6 heteroatoms. The molecule has 0 aromatic heterocycles. The van der Waals surface area contributed by atoms with Crippen LogP contribution in [0.4, 0.5) is 22.0 Å². The highest BCUT2D eigenvalue weighted by atomic mass is 19.4. The summed E-state index contributed by atoms with van der Waals surface area (Å²) in [4.78, 5) is 0. The molecule has 0 amide bonds. The van der Waals surface area contributed by atoms with E-state index in [-0.39, 0.29) is 11.7 Å². The number of fused-ring (bicyclic) bond motifs is 1. The zero-order valence-electron chi connectivity index (χ0n) is 20.0. The Bertz CT molecular complexity index is 1270. The molecule has 0 aliphatic heterocycles. The SMILES string of the molecule is CCCCCc1ccc(C2CCc3cc(C#Cc4ccc(OC(F)(F)F)cc4)ccc3C2)c(F)c1F. The van der Waals surface area contributed by atoms with E-state index in [1.807, 2.05) is 18.2 Å². The second-order valence-corrected chi connectivity index (χ2v) is 9.14. The second-order valence-electron chi connectivity index (χ2n) is 9.14. The summed E-state index contributed by atoms with van der Waals surface area (Å²) in [7, 11) is 0. The fraction of sp³-hybridized carbons (Fsp3) is 0.333. The third-order valence-corrected chi connectivity index (χ3v) is 6.56. The first kappa shape index (κ1) is 25.8. The van der Waals surface area contributed by atoms with E-state index in [1.54, 1.807) is 12.1 Å². The highest BCUT2D eigenvalue weighted by molar-refractivity contribution is 5.48. The standard InChI is InChI=1S/C30H27F5O/c1-2-3-4-5-22-14-17-27(29(32)28(22)31)25-13-12-23-18-21(8-11-24(23)19-25)7-6-20-9-15-26(16-10-20)36-30(33,34)35/h8-11,14-18,25H,2-5,12-13,19H2,1H3. The van der Waals surface area contributed by atoms with Crippen molar-refractivity contribution in [3.8, 4) is 17.6 Å². The minimum absolute atomic E-state index is 0.0777. The Labute approximate surface area is 208 Å². The van der Waals surface area contributed by atoms with Crippen LogP contribution >= 0.6 is 0 Å². The molecular weight excluding hydrogens is 471 g/mol. The molecule has 3 aromatic rings. The van der Waals surface area contributed by atoms with E-state index >= 15 is 0 Å². The topological polar surface area (TPSA) is 9.23 Å². The lowest BCUT2D eigenvalue weighted by Crippen LogP contribution is -2.16. The molecule has 0 bridgehead atoms. The molecule has 0 saturated heterocycles. The van der Waals surface area contributed by atoms with Crippen molar-refractivity contribution >= 4 is 0 Å². The van der Waals surface area contributed by atoms with Gasteiger partial charge in [0.05, 0.1) is 0 Å². The maximum absolute atomic E-state index is 14.9. The fourth-order valence-electron chi connectivity index (χ4n) is 4.66. The zero-order chi connectivity index (χ0) is 25.7. The van der Waals surface area contributed by atoms with Gasteiger partial charge in [-0.1, -0.05) is 49.8 Å². The summed E-state index contributed by atoms with van der Waals surface area (Å²) >= 11 is 0. The smallest absolute Gasteiger partial charge is 0.406 e. The largest absolute Gasteiger partial charge is 0.573 e. The van der Waals surface area contributed by atoms with Gasteiger partial charge >= 0.3 is 6.36 Å². The van der Waals surface area contributed by atoms with Crippen molar-refractivity contribution in [3.63, 3.8) is 0 Å². The van der Waals surface area contributed by atoms with Gasteiger partial charge in [0.25, 0.3) is 0 Å². The first-order valence-electron chi connectivity index (χ1n) is 12.2. The Kier molecular flexibility index (Phi) is 7.98. The first-order chi connectivity index (χ1) is 17.2. The lowest BCUT2D eigenvalue weighted by atomic mass is 9.79. The van der Waals surface area contributed by atoms with Gasteiger partial charge in [0.15, 0.2) is 11.6 Å². The van der Waals surface area contributed by atoms with E-state index in [1.165, 1.54) is 24.3 Å². The molecule has 4 rings (SSSR count). The van der Waals surface area contributed by atoms with Crippen molar-refractivity contribution in [2.75, 3.05) is 0 Å². The van der Waals surface area contributed by atoms with Crippen LogP contribution in [0, 0.1) is 23.5 Å². The quantitative estimate of drug-likeness (QED) is 0.189. The average Bonchev–Trinajstić information content (AvgIpc) is 2.85. The van der Waals surface area contributed by atoms with E-state index in [4.69, 9.17) is 0 Å². The lowest BCUT2D eigenvalue weighted by molar-refractivity contribution is -0.274. The van der Waals surface area contributed by atoms with Crippen LogP contribution < -0.4 is 4.74 Å². The highest BCUT2D eigenvalue weighted by Crippen LogP contribution is 2.35. The normalized spacial score (nSPS) is 15.1. The minimum Gasteiger partial charge on any atom is -0.406 e. The summed E-state index contributed by atoms with van der Waals surface area (Å²) in [6, 6.07) is 14.7. The molecule has 1 atom stereocenters. The fourth-order valence-corrected chi connectivity index (χ4v) is 4.66. The van der Waals surface area contributed by atoms with Gasteiger partial charge in [-0.15, -0.1) is 13.2 Å². The molecule has 0 N–H and O–H groups in total. The first-order valence-corrected chi connectivity index (χ1v) is 12.2. The van der Waals surface area contributed by atoms with Crippen LogP contribution in [0.1, 0.15) is 71.9 Å². The summed E-state index contributed by atoms with van der Waals surface area (Å²) in [5.74, 6) is 4.20. The molecule has 0 fully saturated rings. The van der Waals surface area contributed by atoms with Crippen LogP contribution in [0.5, 0.6) is 5.75 Å². The van der Waals surface area contributed by atoms with E-state index in [0.717, 1.165) is 48.8 Å². The molecule has 1 nitrogen and oxygen atoms in total. The Morgan fingerprint density at radius 3 is 2.31 bits per heavy atom. The molecule has 0 spiro atoms. The van der Waals surface area contributed by atoms with Gasteiger partial charge in [-0.3, -0.25) is 0 Å². The summed E-state index contributed by atoms with van der Waals surface area (Å²) in [6.45, 7) is 2.08. The average molecular weight is 499 g/mol. The Morgan fingerprint density at radius 1 is 0.861 bits per heavy atom. The van der Waals surface area contributed by atoms with E-state index in [9.17, 15) is 22.0 Å². The van der Waals surface area contributed by atoms with Gasteiger partial charge < -0.3 is 4.74 Å². The molecule has 188 valence electrons. The molecule has 3 aromatic carbocycles. The second kappa shape index (κ2) is 11.2.